The molecule has 3 aromatic rings. The average Bonchev–Trinajstić information content (AvgIpc) is 3.26. The molecule has 0 fully saturated rings. The minimum atomic E-state index is -0.302. The predicted octanol–water partition coefficient (Wildman–Crippen LogP) is 2.48. The van der Waals surface area contributed by atoms with E-state index in [1.54, 1.807) is 23.2 Å². The standard InChI is InChI=1S/C19H21N5O3S/c1-2-27-16(25)8-10-20-18(26)23-11-9-14-15(12-23)28-19-21-17(22-24(14)19)13-6-4-3-5-7-13/h3-7H,2,8-12H2,1H3,(H,20,26). The molecular weight excluding hydrogens is 378 g/mol. The van der Waals surface area contributed by atoms with Gasteiger partial charge in [-0.3, -0.25) is 4.79 Å². The Morgan fingerprint density at radius 2 is 2.11 bits per heavy atom. The number of carbonyl (C=O) groups excluding carboxylic acids is 2. The Hall–Kier alpha value is -2.94. The molecule has 146 valence electrons. The van der Waals surface area contributed by atoms with E-state index in [0.717, 1.165) is 27.5 Å². The van der Waals surface area contributed by atoms with Crippen molar-refractivity contribution in [2.45, 2.75) is 26.3 Å². The van der Waals surface area contributed by atoms with E-state index in [4.69, 9.17) is 4.74 Å². The molecule has 0 unspecified atom stereocenters. The molecule has 0 aliphatic carbocycles. The molecule has 4 rings (SSSR count). The van der Waals surface area contributed by atoms with Crippen molar-refractivity contribution in [3.05, 3.63) is 40.9 Å². The monoisotopic (exact) mass is 399 g/mol. The molecule has 1 N–H and O–H groups in total. The summed E-state index contributed by atoms with van der Waals surface area (Å²) >= 11 is 1.57. The quantitative estimate of drug-likeness (QED) is 0.666. The number of hydrogen-bond acceptors (Lipinski definition) is 6. The number of esters is 1. The maximum absolute atomic E-state index is 12.4. The highest BCUT2D eigenvalue weighted by Gasteiger charge is 2.26. The summed E-state index contributed by atoms with van der Waals surface area (Å²) in [4.78, 5) is 32.1. The zero-order valence-electron chi connectivity index (χ0n) is 15.6. The van der Waals surface area contributed by atoms with E-state index in [9.17, 15) is 9.59 Å². The van der Waals surface area contributed by atoms with E-state index in [0.29, 0.717) is 25.5 Å². The van der Waals surface area contributed by atoms with Crippen LogP contribution in [0.4, 0.5) is 4.79 Å². The van der Waals surface area contributed by atoms with Crippen molar-refractivity contribution in [3.63, 3.8) is 0 Å². The Bertz CT molecular complexity index is 998. The largest absolute Gasteiger partial charge is 0.466 e. The second-order valence-corrected chi connectivity index (χ2v) is 7.49. The number of thiazole rings is 1. The van der Waals surface area contributed by atoms with Gasteiger partial charge in [-0.25, -0.2) is 9.31 Å². The van der Waals surface area contributed by atoms with Crippen LogP contribution in [-0.2, 0) is 22.5 Å². The van der Waals surface area contributed by atoms with Crippen LogP contribution in [0, 0.1) is 0 Å². The van der Waals surface area contributed by atoms with Crippen LogP contribution in [0.2, 0.25) is 0 Å². The molecule has 0 saturated carbocycles. The number of ether oxygens (including phenoxy) is 1. The lowest BCUT2D eigenvalue weighted by molar-refractivity contribution is -0.142. The molecule has 1 aliphatic heterocycles. The number of hydrogen-bond donors (Lipinski definition) is 1. The number of fused-ring (bicyclic) bond motifs is 3. The first-order valence-electron chi connectivity index (χ1n) is 9.27. The van der Waals surface area contributed by atoms with Gasteiger partial charge < -0.3 is 15.0 Å². The van der Waals surface area contributed by atoms with Crippen molar-refractivity contribution in [2.75, 3.05) is 19.7 Å². The lowest BCUT2D eigenvalue weighted by Crippen LogP contribution is -2.43. The molecule has 1 aliphatic rings. The SMILES string of the molecule is CCOC(=O)CCNC(=O)N1CCc2c(sc3nc(-c4ccccc4)nn23)C1. The molecule has 0 radical (unpaired) electrons. The van der Waals surface area contributed by atoms with E-state index in [2.05, 4.69) is 15.4 Å². The Labute approximate surface area is 166 Å². The van der Waals surface area contributed by atoms with Crippen molar-refractivity contribution < 1.29 is 14.3 Å². The van der Waals surface area contributed by atoms with Crippen LogP contribution in [0.15, 0.2) is 30.3 Å². The van der Waals surface area contributed by atoms with Crippen LogP contribution < -0.4 is 5.32 Å². The molecule has 0 spiro atoms. The smallest absolute Gasteiger partial charge is 0.317 e. The summed E-state index contributed by atoms with van der Waals surface area (Å²) in [6, 6.07) is 9.73. The minimum Gasteiger partial charge on any atom is -0.466 e. The summed E-state index contributed by atoms with van der Waals surface area (Å²) in [5, 5.41) is 7.44. The average molecular weight is 399 g/mol. The van der Waals surface area contributed by atoms with Gasteiger partial charge in [-0.2, -0.15) is 4.98 Å². The third-order valence-corrected chi connectivity index (χ3v) is 5.61. The zero-order valence-corrected chi connectivity index (χ0v) is 16.4. The molecular formula is C19H21N5O3S. The van der Waals surface area contributed by atoms with Crippen molar-refractivity contribution in [1.82, 2.24) is 24.8 Å². The van der Waals surface area contributed by atoms with Crippen molar-refractivity contribution >= 4 is 28.3 Å². The zero-order chi connectivity index (χ0) is 19.5. The van der Waals surface area contributed by atoms with Gasteiger partial charge in [0, 0.05) is 30.0 Å². The molecule has 9 heteroatoms. The molecule has 3 heterocycles. The Morgan fingerprint density at radius 1 is 1.29 bits per heavy atom. The first-order valence-corrected chi connectivity index (χ1v) is 10.1. The fourth-order valence-corrected chi connectivity index (χ4v) is 4.31. The van der Waals surface area contributed by atoms with Gasteiger partial charge >= 0.3 is 12.0 Å². The highest BCUT2D eigenvalue weighted by Crippen LogP contribution is 2.29. The van der Waals surface area contributed by atoms with Gasteiger partial charge in [0.15, 0.2) is 5.82 Å². The number of benzene rings is 1. The van der Waals surface area contributed by atoms with E-state index in [-0.39, 0.29) is 25.0 Å². The lowest BCUT2D eigenvalue weighted by atomic mass is 10.2. The Balaban J connectivity index is 1.41. The summed E-state index contributed by atoms with van der Waals surface area (Å²) in [5.74, 6) is 0.414. The summed E-state index contributed by atoms with van der Waals surface area (Å²) in [6.45, 7) is 3.51. The van der Waals surface area contributed by atoms with Crippen LogP contribution in [0.5, 0.6) is 0 Å². The fourth-order valence-electron chi connectivity index (χ4n) is 3.19. The van der Waals surface area contributed by atoms with E-state index >= 15 is 0 Å². The van der Waals surface area contributed by atoms with Gasteiger partial charge in [0.25, 0.3) is 0 Å². The number of rotatable bonds is 5. The summed E-state index contributed by atoms with van der Waals surface area (Å²) in [5.41, 5.74) is 2.11. The number of amides is 2. The molecule has 2 aromatic heterocycles. The summed E-state index contributed by atoms with van der Waals surface area (Å²) in [6.07, 6.45) is 0.899. The van der Waals surface area contributed by atoms with Gasteiger partial charge in [-0.15, -0.1) is 5.10 Å². The predicted molar refractivity (Wildman–Crippen MR) is 105 cm³/mol. The number of carbonyl (C=O) groups is 2. The number of urea groups is 1. The second-order valence-electron chi connectivity index (χ2n) is 6.43. The maximum Gasteiger partial charge on any atom is 0.317 e. The highest BCUT2D eigenvalue weighted by atomic mass is 32.1. The van der Waals surface area contributed by atoms with Crippen LogP contribution in [0.1, 0.15) is 23.9 Å². The van der Waals surface area contributed by atoms with Gasteiger partial charge in [0.05, 0.1) is 25.3 Å². The van der Waals surface area contributed by atoms with Crippen molar-refractivity contribution in [1.29, 1.82) is 0 Å². The fraction of sp³-hybridized carbons (Fsp3) is 0.368. The van der Waals surface area contributed by atoms with Crippen LogP contribution in [0.3, 0.4) is 0 Å². The highest BCUT2D eigenvalue weighted by molar-refractivity contribution is 7.17. The van der Waals surface area contributed by atoms with Gasteiger partial charge in [0.1, 0.15) is 0 Å². The number of nitrogens with zero attached hydrogens (tertiary/aromatic N) is 4. The van der Waals surface area contributed by atoms with Gasteiger partial charge in [-0.05, 0) is 6.92 Å². The molecule has 8 nitrogen and oxygen atoms in total. The van der Waals surface area contributed by atoms with Gasteiger partial charge in [-0.1, -0.05) is 41.7 Å². The third kappa shape index (κ3) is 3.70. The van der Waals surface area contributed by atoms with E-state index in [1.807, 2.05) is 34.8 Å². The Kier molecular flexibility index (Phi) is 5.25. The minimum absolute atomic E-state index is 0.168. The number of aromatic nitrogens is 3. The van der Waals surface area contributed by atoms with Crippen molar-refractivity contribution in [3.8, 4) is 11.4 Å². The summed E-state index contributed by atoms with van der Waals surface area (Å²) < 4.78 is 6.76. The van der Waals surface area contributed by atoms with Crippen LogP contribution in [-0.4, -0.2) is 51.2 Å². The third-order valence-electron chi connectivity index (χ3n) is 4.55. The summed E-state index contributed by atoms with van der Waals surface area (Å²) in [7, 11) is 0. The van der Waals surface area contributed by atoms with Crippen LogP contribution in [0.25, 0.3) is 16.3 Å². The first-order chi connectivity index (χ1) is 13.7. The van der Waals surface area contributed by atoms with Crippen molar-refractivity contribution in [2.24, 2.45) is 0 Å². The lowest BCUT2D eigenvalue weighted by Gasteiger charge is -2.26. The Morgan fingerprint density at radius 3 is 2.89 bits per heavy atom. The van der Waals surface area contributed by atoms with E-state index < -0.39 is 0 Å². The number of nitrogens with one attached hydrogen (secondary N) is 1. The molecule has 0 atom stereocenters. The molecule has 2 amide bonds. The topological polar surface area (TPSA) is 88.8 Å². The maximum atomic E-state index is 12.4. The normalized spacial score (nSPS) is 13.4. The van der Waals surface area contributed by atoms with E-state index in [1.165, 1.54) is 0 Å². The molecule has 0 saturated heterocycles. The van der Waals surface area contributed by atoms with Gasteiger partial charge in [0.2, 0.25) is 4.96 Å². The molecule has 28 heavy (non-hydrogen) atoms. The first kappa shape index (κ1) is 18.4. The second kappa shape index (κ2) is 7.97. The molecule has 0 bridgehead atoms. The molecule has 1 aromatic carbocycles. The van der Waals surface area contributed by atoms with Crippen LogP contribution >= 0.6 is 11.3 Å².